The third kappa shape index (κ3) is 2.84. The first-order chi connectivity index (χ1) is 8.58. The highest BCUT2D eigenvalue weighted by Gasteiger charge is 2.18. The van der Waals surface area contributed by atoms with Crippen molar-refractivity contribution in [3.05, 3.63) is 29.1 Å². The van der Waals surface area contributed by atoms with Crippen LogP contribution in [0.3, 0.4) is 0 Å². The molecule has 1 aliphatic rings. The number of aromatic nitrogens is 1. The zero-order valence-corrected chi connectivity index (χ0v) is 11.0. The molecule has 18 heavy (non-hydrogen) atoms. The van der Waals surface area contributed by atoms with E-state index in [0.717, 1.165) is 18.4 Å². The summed E-state index contributed by atoms with van der Waals surface area (Å²) in [4.78, 5) is 27.1. The zero-order chi connectivity index (χ0) is 13.1. The van der Waals surface area contributed by atoms with Gasteiger partial charge in [0.1, 0.15) is 11.4 Å². The van der Waals surface area contributed by atoms with Gasteiger partial charge in [0, 0.05) is 13.8 Å². The molecular weight excluding hydrogens is 226 g/mol. The Balaban J connectivity index is 2.38. The number of rotatable bonds is 3. The second kappa shape index (κ2) is 5.42. The fraction of sp³-hybridized carbons (Fsp3) is 0.533. The van der Waals surface area contributed by atoms with Crippen LogP contribution < -0.4 is 0 Å². The molecular formula is C15H19NO2. The highest BCUT2D eigenvalue weighted by Crippen LogP contribution is 2.33. The van der Waals surface area contributed by atoms with Crippen molar-refractivity contribution >= 4 is 11.6 Å². The summed E-state index contributed by atoms with van der Waals surface area (Å²) in [6.07, 6.45) is 6.06. The van der Waals surface area contributed by atoms with Gasteiger partial charge in [-0.3, -0.25) is 9.59 Å². The van der Waals surface area contributed by atoms with Crippen molar-refractivity contribution in [1.29, 1.82) is 0 Å². The lowest BCUT2D eigenvalue weighted by molar-refractivity contribution is 0.100. The molecule has 1 aliphatic carbocycles. The van der Waals surface area contributed by atoms with Gasteiger partial charge in [-0.15, -0.1) is 0 Å². The average Bonchev–Trinajstić information content (AvgIpc) is 2.39. The van der Waals surface area contributed by atoms with E-state index in [9.17, 15) is 9.59 Å². The van der Waals surface area contributed by atoms with E-state index in [1.807, 2.05) is 12.1 Å². The Morgan fingerprint density at radius 1 is 1.00 bits per heavy atom. The van der Waals surface area contributed by atoms with E-state index in [4.69, 9.17) is 0 Å². The Morgan fingerprint density at radius 3 is 1.94 bits per heavy atom. The van der Waals surface area contributed by atoms with Crippen molar-refractivity contribution in [2.45, 2.75) is 51.9 Å². The standard InChI is InChI=1S/C15H19NO2/c1-10(17)14-8-13(9-15(16-14)11(2)18)12-6-4-3-5-7-12/h8-9,12H,3-7H2,1-2H3. The van der Waals surface area contributed by atoms with Gasteiger partial charge in [0.2, 0.25) is 0 Å². The molecule has 0 spiro atoms. The largest absolute Gasteiger partial charge is 0.293 e. The molecule has 1 heterocycles. The maximum Gasteiger partial charge on any atom is 0.178 e. The molecule has 1 aromatic heterocycles. The van der Waals surface area contributed by atoms with Gasteiger partial charge in [0.15, 0.2) is 11.6 Å². The Bertz CT molecular complexity index is 441. The molecule has 0 N–H and O–H groups in total. The van der Waals surface area contributed by atoms with Crippen LogP contribution in [-0.4, -0.2) is 16.6 Å². The summed E-state index contributed by atoms with van der Waals surface area (Å²) in [5.74, 6) is 0.336. The minimum atomic E-state index is -0.0739. The first-order valence-corrected chi connectivity index (χ1v) is 6.62. The molecule has 0 atom stereocenters. The van der Waals surface area contributed by atoms with E-state index >= 15 is 0 Å². The number of ketones is 2. The van der Waals surface area contributed by atoms with Gasteiger partial charge in [0.25, 0.3) is 0 Å². The van der Waals surface area contributed by atoms with Crippen LogP contribution in [0.15, 0.2) is 12.1 Å². The Morgan fingerprint density at radius 2 is 1.50 bits per heavy atom. The summed E-state index contributed by atoms with van der Waals surface area (Å²) in [6.45, 7) is 2.99. The minimum absolute atomic E-state index is 0.0739. The fourth-order valence-corrected chi connectivity index (χ4v) is 2.58. The van der Waals surface area contributed by atoms with Crippen LogP contribution in [0.2, 0.25) is 0 Å². The van der Waals surface area contributed by atoms with E-state index in [-0.39, 0.29) is 11.6 Å². The first kappa shape index (κ1) is 12.9. The van der Waals surface area contributed by atoms with Crippen LogP contribution in [-0.2, 0) is 0 Å². The Hall–Kier alpha value is -1.51. The molecule has 0 saturated heterocycles. The van der Waals surface area contributed by atoms with Gasteiger partial charge in [-0.1, -0.05) is 19.3 Å². The van der Waals surface area contributed by atoms with E-state index in [1.54, 1.807) is 0 Å². The topological polar surface area (TPSA) is 47.0 Å². The molecule has 3 nitrogen and oxygen atoms in total. The molecule has 2 rings (SSSR count). The van der Waals surface area contributed by atoms with Crippen LogP contribution in [0.1, 0.15) is 78.4 Å². The van der Waals surface area contributed by atoms with Gasteiger partial charge in [-0.05, 0) is 36.5 Å². The van der Waals surface area contributed by atoms with Crippen molar-refractivity contribution < 1.29 is 9.59 Å². The quantitative estimate of drug-likeness (QED) is 0.765. The number of hydrogen-bond donors (Lipinski definition) is 0. The summed E-state index contributed by atoms with van der Waals surface area (Å²) >= 11 is 0. The lowest BCUT2D eigenvalue weighted by atomic mass is 9.83. The highest BCUT2D eigenvalue weighted by molar-refractivity contribution is 5.96. The van der Waals surface area contributed by atoms with Crippen molar-refractivity contribution in [2.24, 2.45) is 0 Å². The van der Waals surface area contributed by atoms with Crippen LogP contribution in [0.5, 0.6) is 0 Å². The molecule has 0 unspecified atom stereocenters. The average molecular weight is 245 g/mol. The number of pyridine rings is 1. The van der Waals surface area contributed by atoms with Gasteiger partial charge >= 0.3 is 0 Å². The number of hydrogen-bond acceptors (Lipinski definition) is 3. The second-order valence-electron chi connectivity index (χ2n) is 5.12. The van der Waals surface area contributed by atoms with Gasteiger partial charge in [-0.25, -0.2) is 4.98 Å². The molecule has 0 amide bonds. The third-order valence-corrected chi connectivity index (χ3v) is 3.65. The van der Waals surface area contributed by atoms with Gasteiger partial charge in [0.05, 0.1) is 0 Å². The number of carbonyl (C=O) groups is 2. The molecule has 0 bridgehead atoms. The van der Waals surface area contributed by atoms with Crippen LogP contribution in [0, 0.1) is 0 Å². The Kier molecular flexibility index (Phi) is 3.90. The molecule has 0 radical (unpaired) electrons. The summed E-state index contributed by atoms with van der Waals surface area (Å²) in [6, 6.07) is 3.73. The monoisotopic (exact) mass is 245 g/mol. The van der Waals surface area contributed by atoms with Crippen LogP contribution in [0.4, 0.5) is 0 Å². The normalized spacial score (nSPS) is 16.6. The lowest BCUT2D eigenvalue weighted by Crippen LogP contribution is -2.10. The van der Waals surface area contributed by atoms with Crippen molar-refractivity contribution in [3.63, 3.8) is 0 Å². The van der Waals surface area contributed by atoms with Crippen molar-refractivity contribution in [2.75, 3.05) is 0 Å². The summed E-state index contributed by atoms with van der Waals surface area (Å²) in [5.41, 5.74) is 1.95. The summed E-state index contributed by atoms with van der Waals surface area (Å²) in [7, 11) is 0. The zero-order valence-electron chi connectivity index (χ0n) is 11.0. The SMILES string of the molecule is CC(=O)c1cc(C2CCCCC2)cc(C(C)=O)n1. The van der Waals surface area contributed by atoms with Gasteiger partial charge < -0.3 is 0 Å². The molecule has 1 aromatic rings. The van der Waals surface area contributed by atoms with Crippen molar-refractivity contribution in [1.82, 2.24) is 4.98 Å². The van der Waals surface area contributed by atoms with Crippen LogP contribution in [0.25, 0.3) is 0 Å². The maximum atomic E-state index is 11.5. The molecule has 1 saturated carbocycles. The predicted molar refractivity (Wildman–Crippen MR) is 70.1 cm³/mol. The maximum absolute atomic E-state index is 11.5. The third-order valence-electron chi connectivity index (χ3n) is 3.65. The predicted octanol–water partition coefficient (Wildman–Crippen LogP) is 3.53. The first-order valence-electron chi connectivity index (χ1n) is 6.62. The van der Waals surface area contributed by atoms with Crippen molar-refractivity contribution in [3.8, 4) is 0 Å². The molecule has 1 fully saturated rings. The Labute approximate surface area is 108 Å². The number of Topliss-reactive ketones (excluding diaryl/α,β-unsaturated/α-hetero) is 2. The second-order valence-corrected chi connectivity index (χ2v) is 5.12. The van der Waals surface area contributed by atoms with Gasteiger partial charge in [-0.2, -0.15) is 0 Å². The van der Waals surface area contributed by atoms with E-state index < -0.39 is 0 Å². The molecule has 96 valence electrons. The highest BCUT2D eigenvalue weighted by atomic mass is 16.1. The molecule has 0 aliphatic heterocycles. The smallest absolute Gasteiger partial charge is 0.178 e. The number of carbonyl (C=O) groups excluding carboxylic acids is 2. The molecule has 3 heteroatoms. The summed E-state index contributed by atoms with van der Waals surface area (Å²) in [5, 5.41) is 0. The fourth-order valence-electron chi connectivity index (χ4n) is 2.58. The van der Waals surface area contributed by atoms with Crippen LogP contribution >= 0.6 is 0 Å². The van der Waals surface area contributed by atoms with E-state index in [0.29, 0.717) is 17.3 Å². The lowest BCUT2D eigenvalue weighted by Gasteiger charge is -2.22. The summed E-state index contributed by atoms with van der Waals surface area (Å²) < 4.78 is 0. The van der Waals surface area contributed by atoms with E-state index in [1.165, 1.54) is 33.1 Å². The van der Waals surface area contributed by atoms with E-state index in [2.05, 4.69) is 4.98 Å². The molecule has 0 aromatic carbocycles. The number of nitrogens with zero attached hydrogens (tertiary/aromatic N) is 1. The minimum Gasteiger partial charge on any atom is -0.293 e.